The Bertz CT molecular complexity index is 530. The van der Waals surface area contributed by atoms with Crippen molar-refractivity contribution in [2.75, 3.05) is 25.6 Å². The number of hydrogen-bond donors (Lipinski definition) is 1. The van der Waals surface area contributed by atoms with E-state index >= 15 is 0 Å². The fourth-order valence-corrected chi connectivity index (χ4v) is 1.90. The van der Waals surface area contributed by atoms with Crippen LogP contribution < -0.4 is 5.32 Å². The van der Waals surface area contributed by atoms with Crippen LogP contribution in [0, 0.1) is 5.82 Å². The zero-order valence-electron chi connectivity index (χ0n) is 9.86. The lowest BCUT2D eigenvalue weighted by atomic mass is 10.3. The maximum atomic E-state index is 13.9. The largest absolute Gasteiger partial charge is 0.383 e. The molecule has 0 fully saturated rings. The van der Waals surface area contributed by atoms with Crippen LogP contribution in [-0.2, 0) is 4.74 Å². The number of rotatable bonds is 5. The summed E-state index contributed by atoms with van der Waals surface area (Å²) in [5.41, 5.74) is 0.454. The molecule has 1 heterocycles. The van der Waals surface area contributed by atoms with Crippen molar-refractivity contribution in [3.05, 3.63) is 40.9 Å². The smallest absolute Gasteiger partial charge is 0.207 e. The van der Waals surface area contributed by atoms with Gasteiger partial charge in [-0.3, -0.25) is 4.57 Å². The first-order valence-electron chi connectivity index (χ1n) is 5.44. The molecule has 0 saturated heterocycles. The molecule has 0 aliphatic heterocycles. The third kappa shape index (κ3) is 2.88. The zero-order valence-corrected chi connectivity index (χ0v) is 11.4. The second-order valence-corrected chi connectivity index (χ2v) is 4.55. The molecule has 1 N–H and O–H groups in total. The highest BCUT2D eigenvalue weighted by Gasteiger charge is 2.09. The quantitative estimate of drug-likeness (QED) is 0.863. The van der Waals surface area contributed by atoms with Gasteiger partial charge in [-0.15, -0.1) is 0 Å². The van der Waals surface area contributed by atoms with Crippen LogP contribution in [0.1, 0.15) is 0 Å². The van der Waals surface area contributed by atoms with Gasteiger partial charge in [-0.1, -0.05) is 15.9 Å². The first kappa shape index (κ1) is 13.0. The summed E-state index contributed by atoms with van der Waals surface area (Å²) >= 11 is 3.23. The van der Waals surface area contributed by atoms with Gasteiger partial charge in [-0.2, -0.15) is 0 Å². The number of imidazole rings is 1. The Kier molecular flexibility index (Phi) is 4.33. The predicted molar refractivity (Wildman–Crippen MR) is 71.6 cm³/mol. The average molecular weight is 314 g/mol. The van der Waals surface area contributed by atoms with Crippen molar-refractivity contribution in [1.82, 2.24) is 9.55 Å². The maximum Gasteiger partial charge on any atom is 0.207 e. The second kappa shape index (κ2) is 5.97. The first-order chi connectivity index (χ1) is 8.72. The molecule has 0 amide bonds. The molecule has 0 aliphatic carbocycles. The van der Waals surface area contributed by atoms with Crippen LogP contribution in [0.3, 0.4) is 0 Å². The van der Waals surface area contributed by atoms with Crippen molar-refractivity contribution in [2.24, 2.45) is 0 Å². The van der Waals surface area contributed by atoms with E-state index < -0.39 is 0 Å². The number of methoxy groups -OCH3 is 1. The third-order valence-electron chi connectivity index (χ3n) is 2.40. The Hall–Kier alpha value is -1.40. The second-order valence-electron chi connectivity index (χ2n) is 3.64. The molecule has 0 spiro atoms. The lowest BCUT2D eigenvalue weighted by Gasteiger charge is -2.10. The minimum atomic E-state index is -0.308. The van der Waals surface area contributed by atoms with Crippen LogP contribution in [0.5, 0.6) is 0 Å². The number of anilines is 1. The summed E-state index contributed by atoms with van der Waals surface area (Å²) in [6, 6.07) is 4.91. The Balaban J connectivity index is 2.25. The van der Waals surface area contributed by atoms with Gasteiger partial charge in [0.15, 0.2) is 0 Å². The lowest BCUT2D eigenvalue weighted by Crippen LogP contribution is -2.12. The molecule has 0 bridgehead atoms. The Morgan fingerprint density at radius 2 is 2.33 bits per heavy atom. The molecule has 4 nitrogen and oxygen atoms in total. The maximum absolute atomic E-state index is 13.9. The van der Waals surface area contributed by atoms with Gasteiger partial charge in [0.25, 0.3) is 0 Å². The molecule has 1 aromatic heterocycles. The average Bonchev–Trinajstić information content (AvgIpc) is 2.78. The number of nitrogens with zero attached hydrogens (tertiary/aromatic N) is 2. The van der Waals surface area contributed by atoms with Crippen molar-refractivity contribution >= 4 is 21.9 Å². The van der Waals surface area contributed by atoms with Crippen LogP contribution in [0.2, 0.25) is 0 Å². The Labute approximate surface area is 113 Å². The fraction of sp³-hybridized carbons (Fsp3) is 0.250. The third-order valence-corrected chi connectivity index (χ3v) is 2.89. The molecule has 0 aliphatic rings. The van der Waals surface area contributed by atoms with Gasteiger partial charge >= 0.3 is 0 Å². The van der Waals surface area contributed by atoms with Crippen LogP contribution in [0.4, 0.5) is 10.3 Å². The van der Waals surface area contributed by atoms with Gasteiger partial charge in [0.1, 0.15) is 5.82 Å². The number of nitrogens with one attached hydrogen (secondary N) is 1. The fourth-order valence-electron chi connectivity index (χ4n) is 1.57. The summed E-state index contributed by atoms with van der Waals surface area (Å²) < 4.78 is 21.2. The lowest BCUT2D eigenvalue weighted by molar-refractivity contribution is 0.210. The highest BCUT2D eigenvalue weighted by atomic mass is 79.9. The minimum absolute atomic E-state index is 0.308. The van der Waals surface area contributed by atoms with Crippen molar-refractivity contribution < 1.29 is 9.13 Å². The van der Waals surface area contributed by atoms with E-state index in [1.54, 1.807) is 36.2 Å². The monoisotopic (exact) mass is 313 g/mol. The van der Waals surface area contributed by atoms with E-state index in [2.05, 4.69) is 26.2 Å². The Morgan fingerprint density at radius 3 is 3.06 bits per heavy atom. The first-order valence-corrected chi connectivity index (χ1v) is 6.23. The SMILES string of the molecule is COCCNc1nccn1-c1ccc(Br)cc1F. The molecular weight excluding hydrogens is 301 g/mol. The van der Waals surface area contributed by atoms with Crippen LogP contribution in [0.15, 0.2) is 35.1 Å². The van der Waals surface area contributed by atoms with Gasteiger partial charge in [0.2, 0.25) is 5.95 Å². The van der Waals surface area contributed by atoms with Crippen LogP contribution in [0.25, 0.3) is 5.69 Å². The van der Waals surface area contributed by atoms with Gasteiger partial charge in [-0.05, 0) is 18.2 Å². The standard InChI is InChI=1S/C12H13BrFN3O/c1-18-7-5-16-12-15-4-6-17(12)11-3-2-9(13)8-10(11)14/h2-4,6,8H,5,7H2,1H3,(H,15,16). The van der Waals surface area contributed by atoms with E-state index in [9.17, 15) is 4.39 Å². The molecule has 18 heavy (non-hydrogen) atoms. The Morgan fingerprint density at radius 1 is 1.50 bits per heavy atom. The summed E-state index contributed by atoms with van der Waals surface area (Å²) in [4.78, 5) is 4.15. The predicted octanol–water partition coefficient (Wildman–Crippen LogP) is 2.83. The molecule has 0 radical (unpaired) electrons. The van der Waals surface area contributed by atoms with Gasteiger partial charge in [-0.25, -0.2) is 9.37 Å². The number of hydrogen-bond acceptors (Lipinski definition) is 3. The number of aromatic nitrogens is 2. The molecule has 96 valence electrons. The molecule has 0 saturated carbocycles. The highest BCUT2D eigenvalue weighted by Crippen LogP contribution is 2.21. The summed E-state index contributed by atoms with van der Waals surface area (Å²) in [5, 5.41) is 3.08. The molecule has 6 heteroatoms. The summed E-state index contributed by atoms with van der Waals surface area (Å²) in [7, 11) is 1.63. The number of benzene rings is 1. The van der Waals surface area contributed by atoms with E-state index in [1.165, 1.54) is 6.07 Å². The van der Waals surface area contributed by atoms with Crippen LogP contribution in [-0.4, -0.2) is 29.8 Å². The van der Waals surface area contributed by atoms with E-state index in [4.69, 9.17) is 4.74 Å². The van der Waals surface area contributed by atoms with E-state index in [-0.39, 0.29) is 5.82 Å². The summed E-state index contributed by atoms with van der Waals surface area (Å²) in [6.45, 7) is 1.18. The van der Waals surface area contributed by atoms with E-state index in [0.717, 1.165) is 0 Å². The highest BCUT2D eigenvalue weighted by molar-refractivity contribution is 9.10. The van der Waals surface area contributed by atoms with Crippen molar-refractivity contribution in [1.29, 1.82) is 0 Å². The van der Waals surface area contributed by atoms with Gasteiger partial charge in [0, 0.05) is 30.5 Å². The molecule has 2 rings (SSSR count). The molecule has 2 aromatic rings. The summed E-state index contributed by atoms with van der Waals surface area (Å²) in [6.07, 6.45) is 3.33. The van der Waals surface area contributed by atoms with Gasteiger partial charge < -0.3 is 10.1 Å². The minimum Gasteiger partial charge on any atom is -0.383 e. The van der Waals surface area contributed by atoms with Crippen LogP contribution >= 0.6 is 15.9 Å². The van der Waals surface area contributed by atoms with Gasteiger partial charge in [0.05, 0.1) is 12.3 Å². The topological polar surface area (TPSA) is 39.1 Å². The van der Waals surface area contributed by atoms with Crippen molar-refractivity contribution in [2.45, 2.75) is 0 Å². The van der Waals surface area contributed by atoms with E-state index in [0.29, 0.717) is 29.3 Å². The van der Waals surface area contributed by atoms with E-state index in [1.807, 2.05) is 0 Å². The molecule has 0 unspecified atom stereocenters. The number of halogens is 2. The molecule has 0 atom stereocenters. The summed E-state index contributed by atoms with van der Waals surface area (Å²) in [5.74, 6) is 0.283. The van der Waals surface area contributed by atoms with Crippen molar-refractivity contribution in [3.63, 3.8) is 0 Å². The van der Waals surface area contributed by atoms with Crippen molar-refractivity contribution in [3.8, 4) is 5.69 Å². The number of ether oxygens (including phenoxy) is 1. The molecular formula is C12H13BrFN3O. The zero-order chi connectivity index (χ0) is 13.0. The normalized spacial score (nSPS) is 10.6. The molecule has 1 aromatic carbocycles.